The molecule has 28 heavy (non-hydrogen) atoms. The topological polar surface area (TPSA) is 110 Å². The lowest BCUT2D eigenvalue weighted by atomic mass is 10.1. The maximum atomic E-state index is 12.9. The standard InChI is InChI=1S/C20H19N3O5/c1-2-3-11-16(18(24)21-13-8-5-4-6-9-13)22-19(25)14-10-7-12-15(23(27)28)17(14)20(22)26/h4-10,12,16H,2-3,11H2,1H3,(H,21,24)/t16-/m0/s1. The Hall–Kier alpha value is -3.55. The van der Waals surface area contributed by atoms with E-state index in [9.17, 15) is 24.5 Å². The fourth-order valence-electron chi connectivity index (χ4n) is 3.24. The van der Waals surface area contributed by atoms with Crippen LogP contribution in [0, 0.1) is 10.1 Å². The van der Waals surface area contributed by atoms with Crippen molar-refractivity contribution in [3.8, 4) is 0 Å². The molecule has 0 saturated carbocycles. The molecule has 1 heterocycles. The minimum absolute atomic E-state index is 0.0480. The zero-order chi connectivity index (χ0) is 20.3. The largest absolute Gasteiger partial charge is 0.324 e. The average Bonchev–Trinajstić information content (AvgIpc) is 2.94. The van der Waals surface area contributed by atoms with Gasteiger partial charge in [0.15, 0.2) is 0 Å². The monoisotopic (exact) mass is 381 g/mol. The van der Waals surface area contributed by atoms with Crippen LogP contribution in [0.2, 0.25) is 0 Å². The highest BCUT2D eigenvalue weighted by Gasteiger charge is 2.46. The lowest BCUT2D eigenvalue weighted by Gasteiger charge is -2.25. The van der Waals surface area contributed by atoms with Gasteiger partial charge in [0.05, 0.1) is 10.5 Å². The number of carbonyl (C=O) groups excluding carboxylic acids is 3. The molecule has 0 spiro atoms. The van der Waals surface area contributed by atoms with Crippen molar-refractivity contribution >= 4 is 29.1 Å². The van der Waals surface area contributed by atoms with E-state index < -0.39 is 34.4 Å². The molecule has 3 rings (SSSR count). The van der Waals surface area contributed by atoms with Crippen LogP contribution in [0.3, 0.4) is 0 Å². The first-order chi connectivity index (χ1) is 13.5. The number of amides is 3. The Labute approximate surface area is 161 Å². The zero-order valence-electron chi connectivity index (χ0n) is 15.3. The van der Waals surface area contributed by atoms with Gasteiger partial charge in [0.1, 0.15) is 11.6 Å². The van der Waals surface area contributed by atoms with E-state index in [1.807, 2.05) is 6.92 Å². The van der Waals surface area contributed by atoms with Gasteiger partial charge in [-0.25, -0.2) is 0 Å². The number of nitro benzene ring substituents is 1. The molecule has 2 aromatic carbocycles. The van der Waals surface area contributed by atoms with Crippen LogP contribution in [0.25, 0.3) is 0 Å². The van der Waals surface area contributed by atoms with E-state index in [0.29, 0.717) is 12.1 Å². The van der Waals surface area contributed by atoms with Crippen molar-refractivity contribution in [1.29, 1.82) is 0 Å². The maximum Gasteiger partial charge on any atom is 0.282 e. The highest BCUT2D eigenvalue weighted by molar-refractivity contribution is 6.24. The molecule has 8 heteroatoms. The second kappa shape index (κ2) is 7.99. The van der Waals surface area contributed by atoms with Crippen LogP contribution in [-0.4, -0.2) is 33.6 Å². The van der Waals surface area contributed by atoms with E-state index >= 15 is 0 Å². The summed E-state index contributed by atoms with van der Waals surface area (Å²) < 4.78 is 0. The molecule has 2 aromatic rings. The number of hydrogen-bond acceptors (Lipinski definition) is 5. The van der Waals surface area contributed by atoms with Crippen LogP contribution in [0.15, 0.2) is 48.5 Å². The molecule has 3 amide bonds. The number of nitrogens with one attached hydrogen (secondary N) is 1. The van der Waals surface area contributed by atoms with Gasteiger partial charge in [-0.15, -0.1) is 0 Å². The first kappa shape index (κ1) is 19.2. The SMILES string of the molecule is CCCC[C@@H](C(=O)Nc1ccccc1)N1C(=O)c2cccc([N+](=O)[O-])c2C1=O. The summed E-state index contributed by atoms with van der Waals surface area (Å²) in [6.45, 7) is 1.93. The molecular weight excluding hydrogens is 362 g/mol. The highest BCUT2D eigenvalue weighted by Crippen LogP contribution is 2.33. The van der Waals surface area contributed by atoms with Gasteiger partial charge < -0.3 is 5.32 Å². The molecule has 0 aliphatic carbocycles. The average molecular weight is 381 g/mol. The van der Waals surface area contributed by atoms with Crippen LogP contribution < -0.4 is 5.32 Å². The Morgan fingerprint density at radius 1 is 1.11 bits per heavy atom. The van der Waals surface area contributed by atoms with Gasteiger partial charge >= 0.3 is 0 Å². The van der Waals surface area contributed by atoms with E-state index in [4.69, 9.17) is 0 Å². The molecule has 1 N–H and O–H groups in total. The van der Waals surface area contributed by atoms with Crippen molar-refractivity contribution in [3.05, 3.63) is 69.8 Å². The molecular formula is C20H19N3O5. The van der Waals surface area contributed by atoms with Crippen LogP contribution >= 0.6 is 0 Å². The van der Waals surface area contributed by atoms with Gasteiger partial charge in [0.25, 0.3) is 17.5 Å². The zero-order valence-corrected chi connectivity index (χ0v) is 15.3. The van der Waals surface area contributed by atoms with E-state index in [0.717, 1.165) is 11.3 Å². The summed E-state index contributed by atoms with van der Waals surface area (Å²) in [5.41, 5.74) is -0.202. The first-order valence-corrected chi connectivity index (χ1v) is 8.97. The van der Waals surface area contributed by atoms with Crippen LogP contribution in [-0.2, 0) is 4.79 Å². The van der Waals surface area contributed by atoms with Gasteiger partial charge in [-0.3, -0.25) is 29.4 Å². The molecule has 8 nitrogen and oxygen atoms in total. The van der Waals surface area contributed by atoms with Crippen molar-refractivity contribution in [2.45, 2.75) is 32.2 Å². The van der Waals surface area contributed by atoms with E-state index in [1.165, 1.54) is 18.2 Å². The number of fused-ring (bicyclic) bond motifs is 1. The molecule has 0 fully saturated rings. The Kier molecular flexibility index (Phi) is 5.49. The second-order valence-electron chi connectivity index (χ2n) is 6.45. The number of nitro groups is 1. The fraction of sp³-hybridized carbons (Fsp3) is 0.250. The summed E-state index contributed by atoms with van der Waals surface area (Å²) in [6, 6.07) is 11.6. The first-order valence-electron chi connectivity index (χ1n) is 8.97. The summed E-state index contributed by atoms with van der Waals surface area (Å²) in [7, 11) is 0. The van der Waals surface area contributed by atoms with E-state index in [1.54, 1.807) is 30.3 Å². The Balaban J connectivity index is 1.95. The van der Waals surface area contributed by atoms with Crippen LogP contribution in [0.5, 0.6) is 0 Å². The molecule has 0 radical (unpaired) electrons. The third kappa shape index (κ3) is 3.48. The Morgan fingerprint density at radius 2 is 1.82 bits per heavy atom. The molecule has 0 saturated heterocycles. The summed E-state index contributed by atoms with van der Waals surface area (Å²) >= 11 is 0. The lowest BCUT2D eigenvalue weighted by Crippen LogP contribution is -2.47. The number of rotatable bonds is 7. The van der Waals surface area contributed by atoms with Crippen molar-refractivity contribution in [1.82, 2.24) is 4.90 Å². The fourth-order valence-corrected chi connectivity index (χ4v) is 3.24. The van der Waals surface area contributed by atoms with Crippen molar-refractivity contribution in [2.24, 2.45) is 0 Å². The maximum absolute atomic E-state index is 12.9. The van der Waals surface area contributed by atoms with Gasteiger partial charge in [-0.2, -0.15) is 0 Å². The third-order valence-corrected chi connectivity index (χ3v) is 4.61. The number of hydrogen-bond donors (Lipinski definition) is 1. The number of para-hydroxylation sites is 1. The Bertz CT molecular complexity index is 942. The quantitative estimate of drug-likeness (QED) is 0.449. The summed E-state index contributed by atoms with van der Waals surface area (Å²) in [4.78, 5) is 50.1. The third-order valence-electron chi connectivity index (χ3n) is 4.61. The molecule has 1 atom stereocenters. The van der Waals surface area contributed by atoms with Gasteiger partial charge in [-0.1, -0.05) is 44.0 Å². The number of unbranched alkanes of at least 4 members (excludes halogenated alkanes) is 1. The molecule has 144 valence electrons. The van der Waals surface area contributed by atoms with Crippen molar-refractivity contribution in [2.75, 3.05) is 5.32 Å². The van der Waals surface area contributed by atoms with Crippen LogP contribution in [0.1, 0.15) is 46.9 Å². The van der Waals surface area contributed by atoms with Gasteiger partial charge in [0, 0.05) is 11.8 Å². The molecule has 0 aromatic heterocycles. The Morgan fingerprint density at radius 3 is 2.46 bits per heavy atom. The van der Waals surface area contributed by atoms with E-state index in [-0.39, 0.29) is 17.5 Å². The summed E-state index contributed by atoms with van der Waals surface area (Å²) in [5.74, 6) is -2.00. The predicted octanol–water partition coefficient (Wildman–Crippen LogP) is 3.39. The lowest BCUT2D eigenvalue weighted by molar-refractivity contribution is -0.385. The minimum Gasteiger partial charge on any atom is -0.324 e. The van der Waals surface area contributed by atoms with Gasteiger partial charge in [0.2, 0.25) is 5.91 Å². The van der Waals surface area contributed by atoms with E-state index in [2.05, 4.69) is 5.32 Å². The minimum atomic E-state index is -1.05. The van der Waals surface area contributed by atoms with Gasteiger partial charge in [-0.05, 0) is 24.6 Å². The van der Waals surface area contributed by atoms with Crippen LogP contribution in [0.4, 0.5) is 11.4 Å². The summed E-state index contributed by atoms with van der Waals surface area (Å²) in [6.07, 6.45) is 1.65. The second-order valence-corrected chi connectivity index (χ2v) is 6.45. The molecule has 1 aliphatic rings. The highest BCUT2D eigenvalue weighted by atomic mass is 16.6. The normalized spacial score (nSPS) is 14.0. The molecule has 0 unspecified atom stereocenters. The molecule has 1 aliphatic heterocycles. The number of anilines is 1. The van der Waals surface area contributed by atoms with Crippen molar-refractivity contribution < 1.29 is 19.3 Å². The number of imide groups is 1. The number of carbonyl (C=O) groups is 3. The van der Waals surface area contributed by atoms with Crippen molar-refractivity contribution in [3.63, 3.8) is 0 Å². The predicted molar refractivity (Wildman–Crippen MR) is 102 cm³/mol. The number of nitrogens with zero attached hydrogens (tertiary/aromatic N) is 2. The summed E-state index contributed by atoms with van der Waals surface area (Å²) in [5, 5.41) is 14.0. The number of benzene rings is 2. The molecule has 0 bridgehead atoms. The smallest absolute Gasteiger partial charge is 0.282 e.